The van der Waals surface area contributed by atoms with E-state index in [4.69, 9.17) is 19.9 Å². The molecule has 0 fully saturated rings. The number of hydrogen-bond donors (Lipinski definition) is 0. The predicted molar refractivity (Wildman–Crippen MR) is 270 cm³/mol. The maximum absolute atomic E-state index is 5.44. The first-order chi connectivity index (χ1) is 31.6. The van der Waals surface area contributed by atoms with E-state index in [0.717, 1.165) is 92.5 Å². The summed E-state index contributed by atoms with van der Waals surface area (Å²) in [6.45, 7) is 2.15. The van der Waals surface area contributed by atoms with E-state index >= 15 is 0 Å². The van der Waals surface area contributed by atoms with E-state index in [1.165, 1.54) is 31.8 Å². The first-order valence-corrected chi connectivity index (χ1v) is 23.0. The molecule has 0 aliphatic heterocycles. The first-order valence-electron chi connectivity index (χ1n) is 21.4. The van der Waals surface area contributed by atoms with Crippen LogP contribution in [0.1, 0.15) is 5.56 Å². The number of fused-ring (bicyclic) bond motifs is 9. The summed E-state index contributed by atoms with van der Waals surface area (Å²) in [5, 5.41) is 5.95. The summed E-state index contributed by atoms with van der Waals surface area (Å²) in [5.41, 5.74) is 13.4. The molecule has 0 aliphatic carbocycles. The Balaban J connectivity index is 0.988. The zero-order chi connectivity index (χ0) is 42.3. The molecule has 0 radical (unpaired) electrons. The van der Waals surface area contributed by atoms with Crippen LogP contribution < -0.4 is 0 Å². The molecule has 300 valence electrons. The zero-order valence-corrected chi connectivity index (χ0v) is 36.2. The number of thiophene rings is 2. The van der Waals surface area contributed by atoms with Crippen molar-refractivity contribution >= 4 is 85.0 Å². The molecule has 64 heavy (non-hydrogen) atoms. The molecule has 13 rings (SSSR count). The molecule has 0 spiro atoms. The Labute approximate surface area is 376 Å². The van der Waals surface area contributed by atoms with E-state index in [0.29, 0.717) is 5.82 Å². The monoisotopic (exact) mass is 853 g/mol. The highest BCUT2D eigenvalue weighted by Crippen LogP contribution is 2.44. The second kappa shape index (κ2) is 14.6. The van der Waals surface area contributed by atoms with Crippen LogP contribution in [0, 0.1) is 6.92 Å². The van der Waals surface area contributed by atoms with Gasteiger partial charge in [0, 0.05) is 80.1 Å². The molecule has 0 N–H and O–H groups in total. The average molecular weight is 854 g/mol. The molecule has 0 bridgehead atoms. The lowest BCUT2D eigenvalue weighted by Crippen LogP contribution is -2.00. The average Bonchev–Trinajstić information content (AvgIpc) is 4.04. The van der Waals surface area contributed by atoms with Crippen LogP contribution >= 0.6 is 22.7 Å². The van der Waals surface area contributed by atoms with Gasteiger partial charge < -0.3 is 4.57 Å². The second-order valence-electron chi connectivity index (χ2n) is 16.2. The molecule has 5 aromatic heterocycles. The summed E-state index contributed by atoms with van der Waals surface area (Å²) in [6.07, 6.45) is 0. The fourth-order valence-electron chi connectivity index (χ4n) is 9.39. The van der Waals surface area contributed by atoms with Gasteiger partial charge in [0.05, 0.1) is 38.3 Å². The lowest BCUT2D eigenvalue weighted by atomic mass is 9.99. The van der Waals surface area contributed by atoms with Gasteiger partial charge in [0.15, 0.2) is 11.6 Å². The molecule has 0 atom stereocenters. The Morgan fingerprint density at radius 1 is 0.375 bits per heavy atom. The fraction of sp³-hybridized carbons (Fsp3) is 0.0175. The lowest BCUT2D eigenvalue weighted by Gasteiger charge is -2.14. The van der Waals surface area contributed by atoms with E-state index in [1.807, 2.05) is 0 Å². The highest BCUT2D eigenvalue weighted by atomic mass is 32.1. The van der Waals surface area contributed by atoms with Gasteiger partial charge in [-0.3, -0.25) is 0 Å². The minimum absolute atomic E-state index is 0.688. The van der Waals surface area contributed by atoms with Crippen LogP contribution in [-0.4, -0.2) is 24.5 Å². The van der Waals surface area contributed by atoms with Gasteiger partial charge in [0.25, 0.3) is 0 Å². The normalized spacial score (nSPS) is 11.8. The van der Waals surface area contributed by atoms with Crippen LogP contribution in [0.4, 0.5) is 0 Å². The van der Waals surface area contributed by atoms with E-state index in [-0.39, 0.29) is 0 Å². The summed E-state index contributed by atoms with van der Waals surface area (Å²) in [4.78, 5) is 21.5. The Hall–Kier alpha value is -7.84. The van der Waals surface area contributed by atoms with Crippen LogP contribution in [-0.2, 0) is 0 Å². The minimum atomic E-state index is 0.688. The van der Waals surface area contributed by atoms with Gasteiger partial charge in [-0.1, -0.05) is 152 Å². The number of hydrogen-bond acceptors (Lipinski definition) is 6. The maximum atomic E-state index is 5.44. The maximum Gasteiger partial charge on any atom is 0.161 e. The van der Waals surface area contributed by atoms with Crippen molar-refractivity contribution in [2.45, 2.75) is 6.92 Å². The number of aromatic nitrogens is 5. The molecule has 7 heteroatoms. The summed E-state index contributed by atoms with van der Waals surface area (Å²) in [7, 11) is 0. The van der Waals surface area contributed by atoms with Crippen molar-refractivity contribution in [3.05, 3.63) is 200 Å². The summed E-state index contributed by atoms with van der Waals surface area (Å²) in [5.74, 6) is 1.42. The molecule has 0 saturated carbocycles. The molecule has 5 heterocycles. The summed E-state index contributed by atoms with van der Waals surface area (Å²) < 4.78 is 6.99. The third kappa shape index (κ3) is 5.82. The highest BCUT2D eigenvalue weighted by molar-refractivity contribution is 7.26. The van der Waals surface area contributed by atoms with E-state index in [2.05, 4.69) is 206 Å². The van der Waals surface area contributed by atoms with Gasteiger partial charge in [0.1, 0.15) is 0 Å². The Morgan fingerprint density at radius 2 is 0.969 bits per heavy atom. The smallest absolute Gasteiger partial charge is 0.161 e. The second-order valence-corrected chi connectivity index (χ2v) is 18.3. The number of para-hydroxylation sites is 2. The minimum Gasteiger partial charge on any atom is -0.309 e. The van der Waals surface area contributed by atoms with Crippen molar-refractivity contribution in [1.82, 2.24) is 24.5 Å². The van der Waals surface area contributed by atoms with Gasteiger partial charge in [0.2, 0.25) is 0 Å². The molecule has 0 aliphatic rings. The van der Waals surface area contributed by atoms with Crippen molar-refractivity contribution in [3.8, 4) is 62.2 Å². The first kappa shape index (κ1) is 36.8. The van der Waals surface area contributed by atoms with Crippen molar-refractivity contribution < 1.29 is 0 Å². The molecular formula is C57H35N5S2. The predicted octanol–water partition coefficient (Wildman–Crippen LogP) is 15.7. The Kier molecular flexibility index (Phi) is 8.41. The molecule has 8 aromatic carbocycles. The highest BCUT2D eigenvalue weighted by Gasteiger charge is 2.22. The third-order valence-corrected chi connectivity index (χ3v) is 14.8. The van der Waals surface area contributed by atoms with Crippen LogP contribution in [0.3, 0.4) is 0 Å². The molecule has 0 amide bonds. The molecule has 5 nitrogen and oxygen atoms in total. The summed E-state index contributed by atoms with van der Waals surface area (Å²) >= 11 is 3.54. The largest absolute Gasteiger partial charge is 0.309 e. The molecule has 0 unspecified atom stereocenters. The Morgan fingerprint density at radius 3 is 1.77 bits per heavy atom. The van der Waals surface area contributed by atoms with Crippen molar-refractivity contribution in [2.75, 3.05) is 0 Å². The van der Waals surface area contributed by atoms with E-state index < -0.39 is 0 Å². The summed E-state index contributed by atoms with van der Waals surface area (Å²) in [6, 6.07) is 68.7. The van der Waals surface area contributed by atoms with Crippen molar-refractivity contribution in [1.29, 1.82) is 0 Å². The SMILES string of the molecule is Cc1c(-c2ccccc2)nc(-c2ccc3c(c2)sc2c(-c4nc(-c5ccccc5)c5sc6ccccc6c5n4)cccc23)nc1-c1ccc2c3ccccc3n(-c3ccccc3)c2c1. The van der Waals surface area contributed by atoms with Gasteiger partial charge in [-0.2, -0.15) is 0 Å². The van der Waals surface area contributed by atoms with Gasteiger partial charge in [-0.05, 0) is 49.4 Å². The standard InChI is InChI=1S/C57H35N5S2/c1-34-50(35-16-5-2-6-17-35)58-56(59-51(34)37-28-30-41-40-22-11-13-26-46(40)62(47(41)32-37)39-20-9-4-10-21-39)38-29-31-42-43-24-15-25-45(54(43)64-49(42)33-38)57-60-52(36-18-7-3-8-19-36)55-53(61-57)44-23-12-14-27-48(44)63-55/h2-33H,1H3. The lowest BCUT2D eigenvalue weighted by molar-refractivity contribution is 1.15. The fourth-order valence-corrected chi connectivity index (χ4v) is 11.8. The van der Waals surface area contributed by atoms with Crippen molar-refractivity contribution in [2.24, 2.45) is 0 Å². The van der Waals surface area contributed by atoms with Crippen LogP contribution in [0.5, 0.6) is 0 Å². The number of nitrogens with zero attached hydrogens (tertiary/aromatic N) is 5. The number of benzene rings is 8. The van der Waals surface area contributed by atoms with Gasteiger partial charge in [-0.15, -0.1) is 22.7 Å². The Bertz CT molecular complexity index is 3960. The van der Waals surface area contributed by atoms with Crippen LogP contribution in [0.2, 0.25) is 0 Å². The third-order valence-electron chi connectivity index (χ3n) is 12.4. The number of rotatable bonds is 6. The van der Waals surface area contributed by atoms with Crippen LogP contribution in [0.25, 0.3) is 125 Å². The molecule has 0 saturated heterocycles. The molecule has 13 aromatic rings. The van der Waals surface area contributed by atoms with Gasteiger partial charge in [-0.25, -0.2) is 19.9 Å². The molecular weight excluding hydrogens is 819 g/mol. The topological polar surface area (TPSA) is 56.5 Å². The van der Waals surface area contributed by atoms with E-state index in [9.17, 15) is 0 Å². The zero-order valence-electron chi connectivity index (χ0n) is 34.5. The quantitative estimate of drug-likeness (QED) is 0.167. The van der Waals surface area contributed by atoms with Crippen molar-refractivity contribution in [3.63, 3.8) is 0 Å². The van der Waals surface area contributed by atoms with Gasteiger partial charge >= 0.3 is 0 Å². The van der Waals surface area contributed by atoms with E-state index in [1.54, 1.807) is 22.7 Å². The van der Waals surface area contributed by atoms with Crippen LogP contribution in [0.15, 0.2) is 194 Å².